The maximum absolute atomic E-state index is 14.2. The fourth-order valence-corrected chi connectivity index (χ4v) is 8.01. The molecule has 4 aromatic rings. The van der Waals surface area contributed by atoms with E-state index >= 15 is 0 Å². The third-order valence-electron chi connectivity index (χ3n) is 7.47. The first-order valence-corrected chi connectivity index (χ1v) is 16.0. The Hall–Kier alpha value is -3.13. The van der Waals surface area contributed by atoms with Crippen LogP contribution in [-0.4, -0.2) is 90.1 Å². The Bertz CT molecular complexity index is 1820. The fraction of sp³-hybridized carbons (Fsp3) is 0.345. The average Bonchev–Trinajstić information content (AvgIpc) is 3.58. The second kappa shape index (κ2) is 10.9. The number of carbonyl (C=O) groups excluding carboxylic acids is 1. The lowest BCUT2D eigenvalue weighted by Crippen LogP contribution is -2.46. The Balaban J connectivity index is 1.51. The summed E-state index contributed by atoms with van der Waals surface area (Å²) in [7, 11) is -0.381. The van der Waals surface area contributed by atoms with Gasteiger partial charge in [-0.2, -0.15) is 0 Å². The number of benzene rings is 1. The maximum atomic E-state index is 14.2. The van der Waals surface area contributed by atoms with E-state index in [1.165, 1.54) is 21.5 Å². The fourth-order valence-electron chi connectivity index (χ4n) is 5.16. The average molecular weight is 628 g/mol. The highest BCUT2D eigenvalue weighted by Gasteiger charge is 2.41. The van der Waals surface area contributed by atoms with Crippen LogP contribution in [0.1, 0.15) is 22.7 Å². The van der Waals surface area contributed by atoms with Crippen molar-refractivity contribution in [2.45, 2.75) is 23.8 Å². The van der Waals surface area contributed by atoms with Gasteiger partial charge in [0.25, 0.3) is 10.0 Å². The zero-order chi connectivity index (χ0) is 29.8. The number of ether oxygens (including phenoxy) is 1. The summed E-state index contributed by atoms with van der Waals surface area (Å²) in [5, 5.41) is 12.2. The molecule has 42 heavy (non-hydrogen) atoms. The summed E-state index contributed by atoms with van der Waals surface area (Å²) in [6, 6.07) is 8.50. The molecule has 0 unspecified atom stereocenters. The molecule has 1 aromatic carbocycles. The van der Waals surface area contributed by atoms with Crippen LogP contribution in [0.4, 0.5) is 0 Å². The van der Waals surface area contributed by atoms with Crippen LogP contribution in [0, 0.1) is 6.92 Å². The Morgan fingerprint density at radius 3 is 2.55 bits per heavy atom. The molecule has 2 aliphatic heterocycles. The van der Waals surface area contributed by atoms with Crippen molar-refractivity contribution in [2.24, 2.45) is 0 Å². The predicted molar refractivity (Wildman–Crippen MR) is 162 cm³/mol. The van der Waals surface area contributed by atoms with E-state index in [0.29, 0.717) is 57.6 Å². The Morgan fingerprint density at radius 2 is 1.93 bits per heavy atom. The lowest BCUT2D eigenvalue weighted by atomic mass is 10.0. The zero-order valence-corrected chi connectivity index (χ0v) is 25.8. The van der Waals surface area contributed by atoms with E-state index in [0.717, 1.165) is 11.1 Å². The number of hydrogen-bond acceptors (Lipinski definition) is 9. The van der Waals surface area contributed by atoms with Gasteiger partial charge in [0.2, 0.25) is 5.91 Å². The number of likely N-dealkylation sites (N-methyl/N-ethyl adjacent to an activating group) is 1. The summed E-state index contributed by atoms with van der Waals surface area (Å²) in [4.78, 5) is 26.0. The number of aryl methyl sites for hydroxylation is 1. The molecule has 220 valence electrons. The van der Waals surface area contributed by atoms with E-state index in [4.69, 9.17) is 16.3 Å². The molecule has 0 aliphatic carbocycles. The first kappa shape index (κ1) is 29.0. The summed E-state index contributed by atoms with van der Waals surface area (Å²) in [5.41, 5.74) is 1.89. The van der Waals surface area contributed by atoms with Crippen molar-refractivity contribution in [3.05, 3.63) is 70.1 Å². The molecule has 3 aromatic heterocycles. The second-order valence-corrected chi connectivity index (χ2v) is 14.2. The number of nitrogens with zero attached hydrogens (tertiary/aromatic N) is 5. The lowest BCUT2D eigenvalue weighted by Gasteiger charge is -2.34. The highest BCUT2D eigenvalue weighted by Crippen LogP contribution is 2.43. The number of halogens is 1. The van der Waals surface area contributed by atoms with Crippen LogP contribution in [-0.2, 0) is 25.2 Å². The number of fused-ring (bicyclic) bond motifs is 1. The van der Waals surface area contributed by atoms with Crippen LogP contribution in [0.3, 0.4) is 0 Å². The lowest BCUT2D eigenvalue weighted by molar-refractivity contribution is -0.184. The van der Waals surface area contributed by atoms with E-state index in [1.807, 2.05) is 32.0 Å². The van der Waals surface area contributed by atoms with Gasteiger partial charge in [-0.15, -0.1) is 11.3 Å². The number of amides is 1. The van der Waals surface area contributed by atoms with Crippen molar-refractivity contribution in [3.8, 4) is 10.4 Å². The molecule has 6 rings (SSSR count). The molecule has 1 fully saturated rings. The second-order valence-electron chi connectivity index (χ2n) is 10.9. The van der Waals surface area contributed by atoms with Gasteiger partial charge >= 0.3 is 0 Å². The van der Waals surface area contributed by atoms with Gasteiger partial charge in [-0.1, -0.05) is 35.4 Å². The van der Waals surface area contributed by atoms with Crippen molar-refractivity contribution in [1.29, 1.82) is 0 Å². The smallest absolute Gasteiger partial charge is 0.269 e. The van der Waals surface area contributed by atoms with Crippen LogP contribution in [0.2, 0.25) is 5.02 Å². The van der Waals surface area contributed by atoms with Crippen molar-refractivity contribution in [2.75, 3.05) is 46.9 Å². The summed E-state index contributed by atoms with van der Waals surface area (Å²) in [6.45, 7) is 3.36. The predicted octanol–water partition coefficient (Wildman–Crippen LogP) is 3.75. The normalized spacial score (nSPS) is 17.0. The molecule has 1 N–H and O–H groups in total. The summed E-state index contributed by atoms with van der Waals surface area (Å²) in [5.74, 6) is 0.0124. The first-order chi connectivity index (χ1) is 20.0. The van der Waals surface area contributed by atoms with Gasteiger partial charge in [0.05, 0.1) is 40.2 Å². The first-order valence-electron chi connectivity index (χ1n) is 13.4. The topological polar surface area (TPSA) is 118 Å². The Kier molecular flexibility index (Phi) is 7.49. The molecule has 0 radical (unpaired) electrons. The van der Waals surface area contributed by atoms with Crippen molar-refractivity contribution in [1.82, 2.24) is 23.7 Å². The molecule has 1 saturated heterocycles. The highest BCUT2D eigenvalue weighted by molar-refractivity contribution is 7.90. The highest BCUT2D eigenvalue weighted by atomic mass is 35.5. The minimum atomic E-state index is -4.08. The number of hydrogen-bond donors (Lipinski definition) is 1. The standard InChI is InChI=1S/C29H30ClN5O5S2/c1-18-4-6-20(7-5-18)42(38,39)35-23(19-8-10-34(11-9-19)25(36)15-33(2)3)12-21-26(22(30)13-31-27(21)35)24-14-32-28(41-24)29(37)16-40-17-29/h4-8,12-14,37H,9-11,15-17H2,1-3H3. The largest absolute Gasteiger partial charge is 0.378 e. The van der Waals surface area contributed by atoms with Crippen molar-refractivity contribution in [3.63, 3.8) is 0 Å². The van der Waals surface area contributed by atoms with E-state index in [1.54, 1.807) is 41.4 Å². The van der Waals surface area contributed by atoms with Gasteiger partial charge in [-0.25, -0.2) is 22.4 Å². The van der Waals surface area contributed by atoms with Gasteiger partial charge in [-0.3, -0.25) is 4.79 Å². The van der Waals surface area contributed by atoms with E-state index in [-0.39, 0.29) is 29.7 Å². The van der Waals surface area contributed by atoms with Gasteiger partial charge < -0.3 is 19.6 Å². The number of aromatic nitrogens is 3. The minimum absolute atomic E-state index is 0.0124. The van der Waals surface area contributed by atoms with Crippen LogP contribution in [0.25, 0.3) is 27.0 Å². The Morgan fingerprint density at radius 1 is 1.19 bits per heavy atom. The minimum Gasteiger partial charge on any atom is -0.378 e. The van der Waals surface area contributed by atoms with E-state index in [2.05, 4.69) is 9.97 Å². The van der Waals surface area contributed by atoms with Gasteiger partial charge in [0.1, 0.15) is 5.01 Å². The van der Waals surface area contributed by atoms with E-state index < -0.39 is 15.6 Å². The Labute approximate surface area is 252 Å². The number of aliphatic hydroxyl groups is 1. The summed E-state index contributed by atoms with van der Waals surface area (Å²) >= 11 is 8.00. The van der Waals surface area contributed by atoms with Gasteiger partial charge in [0.15, 0.2) is 11.2 Å². The SMILES string of the molecule is Cc1ccc(S(=O)(=O)n2c(C3=CCN(C(=O)CN(C)C)CC3)cc3c(-c4cnc(C5(O)COC5)s4)c(Cl)cnc32)cc1. The molecular formula is C29H30ClN5O5S2. The summed E-state index contributed by atoms with van der Waals surface area (Å²) < 4.78 is 34.9. The molecule has 0 bridgehead atoms. The molecule has 0 atom stereocenters. The van der Waals surface area contributed by atoms with Crippen molar-refractivity contribution < 1.29 is 23.1 Å². The maximum Gasteiger partial charge on any atom is 0.269 e. The number of rotatable bonds is 7. The third-order valence-corrected chi connectivity index (χ3v) is 10.7. The summed E-state index contributed by atoms with van der Waals surface area (Å²) in [6.07, 6.45) is 5.46. The number of carbonyl (C=O) groups is 1. The molecule has 5 heterocycles. The monoisotopic (exact) mass is 627 g/mol. The van der Waals surface area contributed by atoms with Crippen LogP contribution in [0.5, 0.6) is 0 Å². The van der Waals surface area contributed by atoms with Gasteiger partial charge in [-0.05, 0) is 51.2 Å². The number of thiazole rings is 1. The molecular weight excluding hydrogens is 598 g/mol. The van der Waals surface area contributed by atoms with Gasteiger partial charge in [0, 0.05) is 36.4 Å². The molecule has 10 nitrogen and oxygen atoms in total. The quantitative estimate of drug-likeness (QED) is 0.329. The van der Waals surface area contributed by atoms with Crippen molar-refractivity contribution >= 4 is 55.5 Å². The molecule has 0 saturated carbocycles. The molecule has 0 spiro atoms. The number of pyridine rings is 1. The van der Waals surface area contributed by atoms with Crippen LogP contribution >= 0.6 is 22.9 Å². The van der Waals surface area contributed by atoms with E-state index in [9.17, 15) is 18.3 Å². The zero-order valence-electron chi connectivity index (χ0n) is 23.4. The van der Waals surface area contributed by atoms with Crippen LogP contribution in [0.15, 0.2) is 53.7 Å². The molecule has 2 aliphatic rings. The third kappa shape index (κ3) is 5.06. The molecule has 13 heteroatoms. The molecule has 1 amide bonds. The van der Waals surface area contributed by atoms with Crippen LogP contribution < -0.4 is 0 Å².